The Morgan fingerprint density at radius 2 is 1.56 bits per heavy atom. The van der Waals surface area contributed by atoms with E-state index in [1.54, 1.807) is 6.92 Å². The molecule has 0 amide bonds. The second-order valence-corrected chi connectivity index (χ2v) is 15.3. The zero-order valence-corrected chi connectivity index (χ0v) is 23.6. The molecule has 0 aromatic heterocycles. The number of esters is 1. The molecule has 0 aromatic rings. The number of carbonyl (C=O) groups excluding carboxylic acids is 1. The molecule has 0 bridgehead atoms. The maximum absolute atomic E-state index is 11.9. The number of rotatable bonds is 1. The molecular formula is C32H52O2. The summed E-state index contributed by atoms with van der Waals surface area (Å²) in [7, 11) is 0. The van der Waals surface area contributed by atoms with Crippen molar-refractivity contribution in [2.24, 2.45) is 56.7 Å². The molecule has 34 heavy (non-hydrogen) atoms. The first-order valence-corrected chi connectivity index (χ1v) is 14.6. The Balaban J connectivity index is 1.50. The largest absolute Gasteiger partial charge is 0.462 e. The highest BCUT2D eigenvalue weighted by atomic mass is 16.5. The molecule has 0 radical (unpaired) electrons. The zero-order chi connectivity index (χ0) is 24.9. The topological polar surface area (TPSA) is 26.3 Å². The van der Waals surface area contributed by atoms with Crippen LogP contribution in [0.4, 0.5) is 0 Å². The summed E-state index contributed by atoms with van der Waals surface area (Å²) < 4.78 is 5.91. The first kappa shape index (κ1) is 24.9. The molecule has 5 aliphatic carbocycles. The van der Waals surface area contributed by atoms with Crippen molar-refractivity contribution in [1.29, 1.82) is 0 Å². The van der Waals surface area contributed by atoms with Gasteiger partial charge < -0.3 is 4.74 Å². The molecule has 0 saturated heterocycles. The maximum atomic E-state index is 11.9. The van der Waals surface area contributed by atoms with Gasteiger partial charge in [0.1, 0.15) is 6.10 Å². The summed E-state index contributed by atoms with van der Waals surface area (Å²) in [5.74, 6) is 3.64. The smallest absolute Gasteiger partial charge is 0.302 e. The van der Waals surface area contributed by atoms with E-state index < -0.39 is 0 Å². The molecule has 5 fully saturated rings. The Morgan fingerprint density at radius 3 is 2.24 bits per heavy atom. The lowest BCUT2D eigenvalue weighted by Gasteiger charge is -2.73. The van der Waals surface area contributed by atoms with Gasteiger partial charge in [0.15, 0.2) is 0 Å². The quantitative estimate of drug-likeness (QED) is 0.284. The van der Waals surface area contributed by atoms with Gasteiger partial charge in [-0.25, -0.2) is 0 Å². The summed E-state index contributed by atoms with van der Waals surface area (Å²) in [6.07, 6.45) is 13.2. The first-order chi connectivity index (χ1) is 15.7. The van der Waals surface area contributed by atoms with Crippen LogP contribution in [0.3, 0.4) is 0 Å². The Hall–Kier alpha value is -0.790. The second kappa shape index (κ2) is 7.61. The lowest BCUT2D eigenvalue weighted by molar-refractivity contribution is -0.253. The Bertz CT molecular complexity index is 872. The van der Waals surface area contributed by atoms with Crippen molar-refractivity contribution < 1.29 is 9.53 Å². The molecule has 5 saturated carbocycles. The van der Waals surface area contributed by atoms with E-state index in [1.807, 2.05) is 0 Å². The van der Waals surface area contributed by atoms with E-state index in [0.29, 0.717) is 33.5 Å². The van der Waals surface area contributed by atoms with E-state index in [0.717, 1.165) is 24.2 Å². The van der Waals surface area contributed by atoms with Crippen LogP contribution in [0.5, 0.6) is 0 Å². The lowest BCUT2D eigenvalue weighted by Crippen LogP contribution is -2.67. The minimum atomic E-state index is -0.108. The predicted molar refractivity (Wildman–Crippen MR) is 140 cm³/mol. The van der Waals surface area contributed by atoms with Gasteiger partial charge in [0.2, 0.25) is 0 Å². The lowest BCUT2D eigenvalue weighted by atomic mass is 9.31. The molecule has 2 heteroatoms. The van der Waals surface area contributed by atoms with Gasteiger partial charge in [-0.2, -0.15) is 0 Å². The second-order valence-electron chi connectivity index (χ2n) is 15.3. The molecule has 0 N–H and O–H groups in total. The zero-order valence-electron chi connectivity index (χ0n) is 23.6. The minimum absolute atomic E-state index is 0.0541. The van der Waals surface area contributed by atoms with Gasteiger partial charge in [-0.05, 0) is 115 Å². The van der Waals surface area contributed by atoms with E-state index in [4.69, 9.17) is 4.74 Å². The highest BCUT2D eigenvalue weighted by Crippen LogP contribution is 2.77. The summed E-state index contributed by atoms with van der Waals surface area (Å²) >= 11 is 0. The molecule has 5 rings (SSSR count). The van der Waals surface area contributed by atoms with Gasteiger partial charge in [-0.15, -0.1) is 0 Å². The molecule has 2 nitrogen and oxygen atoms in total. The molecule has 5 aliphatic rings. The van der Waals surface area contributed by atoms with E-state index in [2.05, 4.69) is 55.0 Å². The van der Waals surface area contributed by atoms with Gasteiger partial charge >= 0.3 is 5.97 Å². The standard InChI is InChI=1S/C32H52O2/c1-20-12-15-29(6)18-19-31(8)23(27(29)21(20)2)10-11-25-30(7)16-14-26(34-22(3)33)28(4,5)24(30)13-17-32(25,31)9/h21,23-27H,1,10-19H2,2-9H3/t21?,23-,24+,25-,26?,27-,29-,30+,31-,32-/m1/s1. The Kier molecular flexibility index (Phi) is 5.57. The molecule has 192 valence electrons. The van der Waals surface area contributed by atoms with Crippen LogP contribution >= 0.6 is 0 Å². The van der Waals surface area contributed by atoms with Crippen molar-refractivity contribution in [1.82, 2.24) is 0 Å². The van der Waals surface area contributed by atoms with Gasteiger partial charge in [0.05, 0.1) is 0 Å². The third-order valence-electron chi connectivity index (χ3n) is 13.8. The monoisotopic (exact) mass is 468 g/mol. The van der Waals surface area contributed by atoms with Crippen molar-refractivity contribution in [2.45, 2.75) is 126 Å². The fourth-order valence-corrected chi connectivity index (χ4v) is 11.8. The molecular weight excluding hydrogens is 416 g/mol. The van der Waals surface area contributed by atoms with E-state index in [1.165, 1.54) is 63.4 Å². The number of allylic oxidation sites excluding steroid dienone is 1. The van der Waals surface area contributed by atoms with Gasteiger partial charge in [0, 0.05) is 12.3 Å². The first-order valence-electron chi connectivity index (χ1n) is 14.6. The van der Waals surface area contributed by atoms with Crippen molar-refractivity contribution in [3.8, 4) is 0 Å². The van der Waals surface area contributed by atoms with Crippen LogP contribution in [0.25, 0.3) is 0 Å². The van der Waals surface area contributed by atoms with Gasteiger partial charge in [0.25, 0.3) is 0 Å². The SMILES string of the molecule is C=C1CC[C@]2(C)CC[C@]3(C)[C@H](CC[C@@H]4[C@@]5(C)CCC(OC(C)=O)C(C)(C)[C@@H]5CC[C@]43C)[C@H]2C1C. The van der Waals surface area contributed by atoms with Crippen LogP contribution < -0.4 is 0 Å². The Labute approximate surface area is 210 Å². The number of hydrogen-bond acceptors (Lipinski definition) is 2. The van der Waals surface area contributed by atoms with Gasteiger partial charge in [-0.3, -0.25) is 4.79 Å². The van der Waals surface area contributed by atoms with Crippen molar-refractivity contribution >= 4 is 5.97 Å². The van der Waals surface area contributed by atoms with Crippen LogP contribution in [0.15, 0.2) is 12.2 Å². The van der Waals surface area contributed by atoms with E-state index in [9.17, 15) is 4.79 Å². The van der Waals surface area contributed by atoms with Crippen LogP contribution in [0.2, 0.25) is 0 Å². The number of carbonyl (C=O) groups is 1. The summed E-state index contributed by atoms with van der Waals surface area (Å²) in [5.41, 5.74) is 3.28. The minimum Gasteiger partial charge on any atom is -0.462 e. The van der Waals surface area contributed by atoms with Crippen LogP contribution in [0, 0.1) is 56.7 Å². The number of hydrogen-bond donors (Lipinski definition) is 0. The molecule has 2 unspecified atom stereocenters. The highest BCUT2D eigenvalue weighted by Gasteiger charge is 2.70. The fourth-order valence-electron chi connectivity index (χ4n) is 11.8. The number of ether oxygens (including phenoxy) is 1. The molecule has 0 aliphatic heterocycles. The number of fused-ring (bicyclic) bond motifs is 7. The maximum Gasteiger partial charge on any atom is 0.302 e. The summed E-state index contributed by atoms with van der Waals surface area (Å²) in [4.78, 5) is 11.9. The van der Waals surface area contributed by atoms with Crippen LogP contribution in [-0.4, -0.2) is 12.1 Å². The van der Waals surface area contributed by atoms with Crippen LogP contribution in [0.1, 0.15) is 120 Å². The fraction of sp³-hybridized carbons (Fsp3) is 0.906. The highest BCUT2D eigenvalue weighted by molar-refractivity contribution is 5.66. The predicted octanol–water partition coefficient (Wildman–Crippen LogP) is 8.60. The van der Waals surface area contributed by atoms with Crippen molar-refractivity contribution in [2.75, 3.05) is 0 Å². The third kappa shape index (κ3) is 3.08. The average molecular weight is 469 g/mol. The van der Waals surface area contributed by atoms with Crippen LogP contribution in [-0.2, 0) is 9.53 Å². The molecule has 0 spiro atoms. The summed E-state index contributed by atoms with van der Waals surface area (Å²) in [6, 6.07) is 0. The van der Waals surface area contributed by atoms with Crippen molar-refractivity contribution in [3.63, 3.8) is 0 Å². The van der Waals surface area contributed by atoms with Gasteiger partial charge in [-0.1, -0.05) is 60.6 Å². The average Bonchev–Trinajstić information content (AvgIpc) is 2.74. The van der Waals surface area contributed by atoms with E-state index in [-0.39, 0.29) is 17.5 Å². The Morgan fingerprint density at radius 1 is 0.853 bits per heavy atom. The summed E-state index contributed by atoms with van der Waals surface area (Å²) in [5, 5.41) is 0. The molecule has 10 atom stereocenters. The van der Waals surface area contributed by atoms with E-state index >= 15 is 0 Å². The normalized spacial score (nSPS) is 54.2. The molecule has 0 heterocycles. The third-order valence-corrected chi connectivity index (χ3v) is 13.8. The molecule has 0 aromatic carbocycles. The summed E-state index contributed by atoms with van der Waals surface area (Å²) in [6.45, 7) is 24.2. The van der Waals surface area contributed by atoms with Crippen molar-refractivity contribution in [3.05, 3.63) is 12.2 Å².